The molecule has 0 radical (unpaired) electrons. The van der Waals surface area contributed by atoms with Crippen LogP contribution in [-0.2, 0) is 9.47 Å². The second-order valence-corrected chi connectivity index (χ2v) is 5.30. The molecule has 0 aliphatic heterocycles. The van der Waals surface area contributed by atoms with Gasteiger partial charge in [0.1, 0.15) is 0 Å². The van der Waals surface area contributed by atoms with Crippen LogP contribution in [-0.4, -0.2) is 38.0 Å². The van der Waals surface area contributed by atoms with Crippen LogP contribution < -0.4 is 5.32 Å². The van der Waals surface area contributed by atoms with Crippen LogP contribution in [0.5, 0.6) is 0 Å². The second kappa shape index (κ2) is 8.04. The Bertz CT molecular complexity index is 169. The molecule has 0 saturated heterocycles. The van der Waals surface area contributed by atoms with Crippen molar-refractivity contribution in [3.8, 4) is 0 Å². The minimum absolute atomic E-state index is 0.0408. The van der Waals surface area contributed by atoms with E-state index in [0.717, 1.165) is 26.0 Å². The molecular weight excluding hydrogens is 202 g/mol. The highest BCUT2D eigenvalue weighted by Crippen LogP contribution is 2.15. The maximum absolute atomic E-state index is 5.48. The third kappa shape index (κ3) is 9.13. The summed E-state index contributed by atoms with van der Waals surface area (Å²) in [4.78, 5) is 0. The van der Waals surface area contributed by atoms with Crippen molar-refractivity contribution in [2.75, 3.05) is 20.3 Å². The normalized spacial score (nSPS) is 14.4. The summed E-state index contributed by atoms with van der Waals surface area (Å²) in [6, 6.07) is 0.481. The first-order chi connectivity index (χ1) is 7.37. The molecular formula is C13H29NO2. The van der Waals surface area contributed by atoms with Crippen molar-refractivity contribution < 1.29 is 9.47 Å². The minimum atomic E-state index is -0.0408. The van der Waals surface area contributed by atoms with Crippen molar-refractivity contribution in [1.29, 1.82) is 0 Å². The van der Waals surface area contributed by atoms with Gasteiger partial charge in [-0.2, -0.15) is 0 Å². The van der Waals surface area contributed by atoms with Crippen molar-refractivity contribution in [2.45, 2.75) is 65.2 Å². The lowest BCUT2D eigenvalue weighted by Gasteiger charge is -2.27. The number of rotatable bonds is 9. The van der Waals surface area contributed by atoms with Gasteiger partial charge in [-0.25, -0.2) is 0 Å². The van der Waals surface area contributed by atoms with Crippen LogP contribution in [0, 0.1) is 0 Å². The third-order valence-electron chi connectivity index (χ3n) is 2.62. The Kier molecular flexibility index (Phi) is 7.98. The van der Waals surface area contributed by atoms with Gasteiger partial charge in [-0.1, -0.05) is 0 Å². The molecule has 0 fully saturated rings. The quantitative estimate of drug-likeness (QED) is 0.619. The molecule has 0 aromatic carbocycles. The highest BCUT2D eigenvalue weighted by molar-refractivity contribution is 4.75. The molecule has 0 bridgehead atoms. The molecule has 3 heteroatoms. The van der Waals surface area contributed by atoms with Crippen molar-refractivity contribution in [3.05, 3.63) is 0 Å². The summed E-state index contributed by atoms with van der Waals surface area (Å²) in [5, 5.41) is 3.49. The lowest BCUT2D eigenvalue weighted by atomic mass is 10.00. The summed E-state index contributed by atoms with van der Waals surface area (Å²) in [6.07, 6.45) is 2.43. The van der Waals surface area contributed by atoms with Crippen molar-refractivity contribution in [1.82, 2.24) is 5.32 Å². The maximum atomic E-state index is 5.48. The third-order valence-corrected chi connectivity index (χ3v) is 2.62. The van der Waals surface area contributed by atoms with E-state index in [1.807, 2.05) is 0 Å². The molecule has 0 rings (SSSR count). The first-order valence-corrected chi connectivity index (χ1v) is 6.27. The molecule has 0 aromatic heterocycles. The first kappa shape index (κ1) is 15.9. The Morgan fingerprint density at radius 1 is 1.19 bits per heavy atom. The standard InChI is InChI=1S/C13H29NO2/c1-11(2)16-9-7-8-14-12(3)10-13(4,5)15-6/h11-12,14H,7-10H2,1-6H3. The second-order valence-electron chi connectivity index (χ2n) is 5.30. The molecule has 0 aromatic rings. The van der Waals surface area contributed by atoms with Gasteiger partial charge in [-0.05, 0) is 54.0 Å². The fourth-order valence-corrected chi connectivity index (χ4v) is 1.63. The van der Waals surface area contributed by atoms with E-state index in [1.54, 1.807) is 7.11 Å². The van der Waals surface area contributed by atoms with E-state index in [2.05, 4.69) is 39.9 Å². The molecule has 0 spiro atoms. The number of nitrogens with one attached hydrogen (secondary N) is 1. The van der Waals surface area contributed by atoms with Crippen LogP contribution >= 0.6 is 0 Å². The average Bonchev–Trinajstić information content (AvgIpc) is 2.16. The van der Waals surface area contributed by atoms with Crippen LogP contribution in [0.15, 0.2) is 0 Å². The molecule has 0 heterocycles. The Morgan fingerprint density at radius 2 is 1.81 bits per heavy atom. The lowest BCUT2D eigenvalue weighted by molar-refractivity contribution is 0.00831. The topological polar surface area (TPSA) is 30.5 Å². The van der Waals surface area contributed by atoms with Crippen molar-refractivity contribution in [2.24, 2.45) is 0 Å². The molecule has 3 nitrogen and oxygen atoms in total. The molecule has 0 aliphatic carbocycles. The van der Waals surface area contributed by atoms with Crippen LogP contribution in [0.1, 0.15) is 47.5 Å². The largest absolute Gasteiger partial charge is 0.379 e. The fraction of sp³-hybridized carbons (Fsp3) is 1.00. The first-order valence-electron chi connectivity index (χ1n) is 6.27. The van der Waals surface area contributed by atoms with Crippen LogP contribution in [0.25, 0.3) is 0 Å². The molecule has 16 heavy (non-hydrogen) atoms. The van der Waals surface area contributed by atoms with Gasteiger partial charge in [0.05, 0.1) is 11.7 Å². The Hall–Kier alpha value is -0.120. The molecule has 0 aliphatic rings. The fourth-order valence-electron chi connectivity index (χ4n) is 1.63. The highest BCUT2D eigenvalue weighted by atomic mass is 16.5. The summed E-state index contributed by atoms with van der Waals surface area (Å²) < 4.78 is 10.9. The van der Waals surface area contributed by atoms with E-state index in [1.165, 1.54) is 0 Å². The number of hydrogen-bond donors (Lipinski definition) is 1. The molecule has 0 amide bonds. The van der Waals surface area contributed by atoms with Crippen LogP contribution in [0.3, 0.4) is 0 Å². The minimum Gasteiger partial charge on any atom is -0.379 e. The molecule has 0 saturated carbocycles. The molecule has 98 valence electrons. The zero-order valence-corrected chi connectivity index (χ0v) is 11.8. The summed E-state index contributed by atoms with van der Waals surface area (Å²) >= 11 is 0. The van der Waals surface area contributed by atoms with Crippen molar-refractivity contribution in [3.63, 3.8) is 0 Å². The molecule has 1 N–H and O–H groups in total. The smallest absolute Gasteiger partial charge is 0.0637 e. The zero-order valence-electron chi connectivity index (χ0n) is 11.8. The van der Waals surface area contributed by atoms with Crippen LogP contribution in [0.4, 0.5) is 0 Å². The van der Waals surface area contributed by atoms with Crippen LogP contribution in [0.2, 0.25) is 0 Å². The maximum Gasteiger partial charge on any atom is 0.0637 e. The van der Waals surface area contributed by atoms with E-state index in [9.17, 15) is 0 Å². The van der Waals surface area contributed by atoms with Gasteiger partial charge in [0.15, 0.2) is 0 Å². The van der Waals surface area contributed by atoms with E-state index in [0.29, 0.717) is 12.1 Å². The van der Waals surface area contributed by atoms with Gasteiger partial charge in [0.25, 0.3) is 0 Å². The van der Waals surface area contributed by atoms with Gasteiger partial charge < -0.3 is 14.8 Å². The van der Waals surface area contributed by atoms with E-state index in [4.69, 9.17) is 9.47 Å². The molecule has 1 atom stereocenters. The SMILES string of the molecule is COC(C)(C)CC(C)NCCCOC(C)C. The number of hydrogen-bond acceptors (Lipinski definition) is 3. The molecule has 1 unspecified atom stereocenters. The van der Waals surface area contributed by atoms with Gasteiger partial charge in [-0.3, -0.25) is 0 Å². The monoisotopic (exact) mass is 231 g/mol. The number of methoxy groups -OCH3 is 1. The highest BCUT2D eigenvalue weighted by Gasteiger charge is 2.19. The lowest BCUT2D eigenvalue weighted by Crippen LogP contribution is -2.36. The Labute approximate surface area is 101 Å². The predicted octanol–water partition coefficient (Wildman–Crippen LogP) is 2.59. The Morgan fingerprint density at radius 3 is 2.31 bits per heavy atom. The van der Waals surface area contributed by atoms with Crippen molar-refractivity contribution >= 4 is 0 Å². The van der Waals surface area contributed by atoms with Gasteiger partial charge in [0, 0.05) is 19.8 Å². The summed E-state index contributed by atoms with van der Waals surface area (Å²) in [5.74, 6) is 0. The van der Waals surface area contributed by atoms with Gasteiger partial charge in [-0.15, -0.1) is 0 Å². The summed E-state index contributed by atoms with van der Waals surface area (Å²) in [6.45, 7) is 12.4. The van der Waals surface area contributed by atoms with E-state index < -0.39 is 0 Å². The van der Waals surface area contributed by atoms with Gasteiger partial charge in [0.2, 0.25) is 0 Å². The zero-order chi connectivity index (χ0) is 12.6. The average molecular weight is 231 g/mol. The van der Waals surface area contributed by atoms with E-state index >= 15 is 0 Å². The predicted molar refractivity (Wildman–Crippen MR) is 68.9 cm³/mol. The van der Waals surface area contributed by atoms with Gasteiger partial charge >= 0.3 is 0 Å². The summed E-state index contributed by atoms with van der Waals surface area (Å²) in [5.41, 5.74) is -0.0408. The van der Waals surface area contributed by atoms with E-state index in [-0.39, 0.29) is 5.60 Å². The summed E-state index contributed by atoms with van der Waals surface area (Å²) in [7, 11) is 1.77. The Balaban J connectivity index is 3.47. The number of ether oxygens (including phenoxy) is 2.